The molecule has 0 amide bonds. The number of hydrogen-bond donors (Lipinski definition) is 1. The van der Waals surface area contributed by atoms with E-state index in [1.807, 2.05) is 0 Å². The summed E-state index contributed by atoms with van der Waals surface area (Å²) in [6.45, 7) is 0. The zero-order valence-electron chi connectivity index (χ0n) is 6.13. The Bertz CT molecular complexity index is 203. The van der Waals surface area contributed by atoms with Gasteiger partial charge in [-0.05, 0) is 6.42 Å². The van der Waals surface area contributed by atoms with E-state index >= 15 is 0 Å². The lowest BCUT2D eigenvalue weighted by Crippen LogP contribution is -2.30. The van der Waals surface area contributed by atoms with Gasteiger partial charge < -0.3 is 5.73 Å². The largest absolute Gasteiger partial charge is 0.323 e. The molecule has 0 aromatic rings. The molecule has 6 heteroatoms. The van der Waals surface area contributed by atoms with Crippen LogP contribution >= 0.6 is 0 Å². The topological polar surface area (TPSA) is 60.2 Å². The molecule has 0 aromatic carbocycles. The van der Waals surface area contributed by atoms with E-state index in [1.165, 1.54) is 0 Å². The van der Waals surface area contributed by atoms with Gasteiger partial charge in [0.2, 0.25) is 0 Å². The van der Waals surface area contributed by atoms with Crippen molar-refractivity contribution in [3.63, 3.8) is 0 Å². The predicted octanol–water partition coefficient (Wildman–Crippen LogP) is 0.0135. The van der Waals surface area contributed by atoms with Crippen LogP contribution in [0.4, 0.5) is 8.78 Å². The van der Waals surface area contributed by atoms with E-state index in [2.05, 4.69) is 0 Å². The molecule has 0 radical (unpaired) electrons. The molecule has 0 rings (SSSR count). The molecule has 0 aromatic heterocycles. The molecule has 68 valence electrons. The first-order chi connectivity index (χ1) is 4.83. The fourth-order valence-corrected chi connectivity index (χ4v) is 1.18. The molecule has 0 aliphatic carbocycles. The second kappa shape index (κ2) is 3.96. The highest BCUT2D eigenvalue weighted by Crippen LogP contribution is 2.03. The molecule has 1 unspecified atom stereocenters. The van der Waals surface area contributed by atoms with Gasteiger partial charge in [0, 0.05) is 6.26 Å². The quantitative estimate of drug-likeness (QED) is 0.674. The van der Waals surface area contributed by atoms with Gasteiger partial charge in [0.25, 0.3) is 6.43 Å². The molecular weight excluding hydrogens is 176 g/mol. The summed E-state index contributed by atoms with van der Waals surface area (Å²) in [4.78, 5) is 0. The van der Waals surface area contributed by atoms with Gasteiger partial charge in [-0.3, -0.25) is 0 Å². The van der Waals surface area contributed by atoms with Crippen LogP contribution in [0.2, 0.25) is 0 Å². The Kier molecular flexibility index (Phi) is 3.88. The van der Waals surface area contributed by atoms with Crippen molar-refractivity contribution < 1.29 is 17.2 Å². The lowest BCUT2D eigenvalue weighted by molar-refractivity contribution is 0.114. The third-order valence-corrected chi connectivity index (χ3v) is 2.12. The van der Waals surface area contributed by atoms with E-state index in [-0.39, 0.29) is 12.2 Å². The summed E-state index contributed by atoms with van der Waals surface area (Å²) in [5.41, 5.74) is 4.91. The lowest BCUT2D eigenvalue weighted by atomic mass is 10.2. The molecule has 2 N–H and O–H groups in total. The van der Waals surface area contributed by atoms with Crippen LogP contribution in [0.3, 0.4) is 0 Å². The molecule has 0 aliphatic heterocycles. The van der Waals surface area contributed by atoms with E-state index < -0.39 is 22.3 Å². The van der Waals surface area contributed by atoms with Crippen molar-refractivity contribution in [2.75, 3.05) is 12.0 Å². The van der Waals surface area contributed by atoms with Crippen LogP contribution in [0.5, 0.6) is 0 Å². The summed E-state index contributed by atoms with van der Waals surface area (Å²) < 4.78 is 44.3. The second-order valence-electron chi connectivity index (χ2n) is 2.42. The SMILES string of the molecule is CS(=O)(=O)CCC(N)C(F)F. The summed E-state index contributed by atoms with van der Waals surface area (Å²) in [6, 6.07) is -1.33. The Morgan fingerprint density at radius 2 is 1.91 bits per heavy atom. The zero-order chi connectivity index (χ0) is 9.07. The summed E-state index contributed by atoms with van der Waals surface area (Å²) >= 11 is 0. The highest BCUT2D eigenvalue weighted by molar-refractivity contribution is 7.90. The Labute approximate surface area is 64.5 Å². The molecule has 0 saturated carbocycles. The van der Waals surface area contributed by atoms with Crippen LogP contribution in [0.25, 0.3) is 0 Å². The maximum absolute atomic E-state index is 11.7. The van der Waals surface area contributed by atoms with Crippen molar-refractivity contribution in [1.29, 1.82) is 0 Å². The Hall–Kier alpha value is -0.230. The van der Waals surface area contributed by atoms with Crippen molar-refractivity contribution in [3.8, 4) is 0 Å². The number of alkyl halides is 2. The molecule has 0 fully saturated rings. The molecular formula is C5H11F2NO2S. The van der Waals surface area contributed by atoms with Gasteiger partial charge in [-0.2, -0.15) is 0 Å². The van der Waals surface area contributed by atoms with Crippen molar-refractivity contribution in [1.82, 2.24) is 0 Å². The van der Waals surface area contributed by atoms with Crippen LogP contribution in [0, 0.1) is 0 Å². The molecule has 1 atom stereocenters. The van der Waals surface area contributed by atoms with E-state index in [9.17, 15) is 17.2 Å². The van der Waals surface area contributed by atoms with Gasteiger partial charge >= 0.3 is 0 Å². The van der Waals surface area contributed by atoms with E-state index in [4.69, 9.17) is 5.73 Å². The zero-order valence-corrected chi connectivity index (χ0v) is 6.94. The standard InChI is InChI=1S/C5H11F2NO2S/c1-11(9,10)3-2-4(8)5(6)7/h4-5H,2-3,8H2,1H3. The first kappa shape index (κ1) is 10.8. The van der Waals surface area contributed by atoms with Crippen LogP contribution < -0.4 is 5.73 Å². The minimum Gasteiger partial charge on any atom is -0.323 e. The van der Waals surface area contributed by atoms with Crippen molar-refractivity contribution in [3.05, 3.63) is 0 Å². The molecule has 11 heavy (non-hydrogen) atoms. The summed E-state index contributed by atoms with van der Waals surface area (Å²) in [5.74, 6) is -0.279. The maximum atomic E-state index is 11.7. The van der Waals surface area contributed by atoms with Crippen molar-refractivity contribution >= 4 is 9.84 Å². The van der Waals surface area contributed by atoms with E-state index in [1.54, 1.807) is 0 Å². The van der Waals surface area contributed by atoms with Crippen molar-refractivity contribution in [2.24, 2.45) is 5.73 Å². The van der Waals surface area contributed by atoms with Crippen LogP contribution in [0.15, 0.2) is 0 Å². The highest BCUT2D eigenvalue weighted by atomic mass is 32.2. The average Bonchev–Trinajstić information content (AvgIpc) is 1.80. The van der Waals surface area contributed by atoms with Gasteiger partial charge in [-0.15, -0.1) is 0 Å². The molecule has 0 heterocycles. The van der Waals surface area contributed by atoms with Crippen LogP contribution in [0.1, 0.15) is 6.42 Å². The molecule has 3 nitrogen and oxygen atoms in total. The third-order valence-electron chi connectivity index (χ3n) is 1.15. The monoisotopic (exact) mass is 187 g/mol. The average molecular weight is 187 g/mol. The van der Waals surface area contributed by atoms with Gasteiger partial charge in [0.15, 0.2) is 0 Å². The Morgan fingerprint density at radius 1 is 1.45 bits per heavy atom. The molecule has 0 saturated heterocycles. The normalized spacial score (nSPS) is 15.4. The molecule has 0 spiro atoms. The minimum absolute atomic E-state index is 0.184. The third kappa shape index (κ3) is 6.18. The molecule has 0 aliphatic rings. The number of hydrogen-bond acceptors (Lipinski definition) is 3. The van der Waals surface area contributed by atoms with Crippen molar-refractivity contribution in [2.45, 2.75) is 18.9 Å². The van der Waals surface area contributed by atoms with Gasteiger partial charge in [0.05, 0.1) is 11.8 Å². The predicted molar refractivity (Wildman–Crippen MR) is 38.3 cm³/mol. The summed E-state index contributed by atoms with van der Waals surface area (Å²) in [6.07, 6.45) is -1.83. The Balaban J connectivity index is 3.72. The first-order valence-electron chi connectivity index (χ1n) is 3.04. The number of nitrogens with two attached hydrogens (primary N) is 1. The van der Waals surface area contributed by atoms with Crippen LogP contribution in [-0.2, 0) is 9.84 Å². The fraction of sp³-hybridized carbons (Fsp3) is 1.00. The summed E-state index contributed by atoms with van der Waals surface area (Å²) in [7, 11) is -3.17. The van der Waals surface area contributed by atoms with Gasteiger partial charge in [-0.1, -0.05) is 0 Å². The summed E-state index contributed by atoms with van der Waals surface area (Å²) in [5, 5.41) is 0. The maximum Gasteiger partial charge on any atom is 0.253 e. The number of halogens is 2. The Morgan fingerprint density at radius 3 is 2.18 bits per heavy atom. The lowest BCUT2D eigenvalue weighted by Gasteiger charge is -2.07. The number of rotatable bonds is 4. The number of sulfone groups is 1. The first-order valence-corrected chi connectivity index (χ1v) is 5.10. The van der Waals surface area contributed by atoms with E-state index in [0.717, 1.165) is 6.26 Å². The second-order valence-corrected chi connectivity index (χ2v) is 4.68. The van der Waals surface area contributed by atoms with Gasteiger partial charge in [0.1, 0.15) is 9.84 Å². The highest BCUT2D eigenvalue weighted by Gasteiger charge is 2.16. The molecule has 0 bridgehead atoms. The fourth-order valence-electron chi connectivity index (χ4n) is 0.476. The smallest absolute Gasteiger partial charge is 0.253 e. The van der Waals surface area contributed by atoms with Crippen LogP contribution in [-0.4, -0.2) is 32.9 Å². The van der Waals surface area contributed by atoms with Gasteiger partial charge in [-0.25, -0.2) is 17.2 Å². The minimum atomic E-state index is -3.17. The van der Waals surface area contributed by atoms with E-state index in [0.29, 0.717) is 0 Å².